The van der Waals surface area contributed by atoms with Gasteiger partial charge in [-0.25, -0.2) is 10.4 Å². The molecular weight excluding hydrogens is 216 g/mol. The molecule has 0 spiro atoms. The Morgan fingerprint density at radius 2 is 2.40 bits per heavy atom. The van der Waals surface area contributed by atoms with E-state index in [9.17, 15) is 0 Å². The first-order valence-corrected chi connectivity index (χ1v) is 4.78. The predicted octanol–water partition coefficient (Wildman–Crippen LogP) is 1.22. The van der Waals surface area contributed by atoms with E-state index in [2.05, 4.69) is 10.4 Å². The van der Waals surface area contributed by atoms with Gasteiger partial charge in [-0.3, -0.25) is 5.84 Å². The van der Waals surface area contributed by atoms with Crippen LogP contribution in [0, 0.1) is 0 Å². The van der Waals surface area contributed by atoms with Crippen LogP contribution in [-0.4, -0.2) is 9.55 Å². The molecule has 2 rings (SSSR count). The number of aryl methyl sites for hydroxylation is 1. The maximum Gasteiger partial charge on any atom is 0.193 e. The number of hydrazine groups is 1. The van der Waals surface area contributed by atoms with Crippen LogP contribution in [-0.2, 0) is 7.05 Å². The Hall–Kier alpha value is -1.30. The quantitative estimate of drug-likeness (QED) is 0.610. The lowest BCUT2D eigenvalue weighted by atomic mass is 10.2. The van der Waals surface area contributed by atoms with Crippen molar-refractivity contribution >= 4 is 11.6 Å². The van der Waals surface area contributed by atoms with Crippen molar-refractivity contribution in [3.8, 4) is 0 Å². The Bertz CT molecular complexity index is 450. The van der Waals surface area contributed by atoms with Gasteiger partial charge < -0.3 is 8.98 Å². The van der Waals surface area contributed by atoms with Gasteiger partial charge in [-0.1, -0.05) is 0 Å². The van der Waals surface area contributed by atoms with Crippen molar-refractivity contribution in [2.75, 3.05) is 0 Å². The van der Waals surface area contributed by atoms with Crippen LogP contribution >= 0.6 is 11.6 Å². The Kier molecular flexibility index (Phi) is 2.77. The minimum absolute atomic E-state index is 0.294. The topological polar surface area (TPSA) is 69.0 Å². The van der Waals surface area contributed by atoms with Gasteiger partial charge in [0, 0.05) is 19.4 Å². The average molecular weight is 227 g/mol. The maximum absolute atomic E-state index is 5.70. The van der Waals surface area contributed by atoms with E-state index in [0.717, 1.165) is 5.82 Å². The Labute approximate surface area is 91.8 Å². The normalized spacial score (nSPS) is 13.0. The zero-order valence-electron chi connectivity index (χ0n) is 8.14. The minimum Gasteiger partial charge on any atom is -0.447 e. The molecule has 5 nitrogen and oxygen atoms in total. The lowest BCUT2D eigenvalue weighted by Gasteiger charge is -2.12. The number of hydrogen-bond acceptors (Lipinski definition) is 4. The smallest absolute Gasteiger partial charge is 0.193 e. The molecule has 1 atom stereocenters. The van der Waals surface area contributed by atoms with E-state index >= 15 is 0 Å². The molecule has 0 bridgehead atoms. The molecule has 0 amide bonds. The van der Waals surface area contributed by atoms with Gasteiger partial charge in [-0.15, -0.1) is 0 Å². The fourth-order valence-corrected chi connectivity index (χ4v) is 1.57. The first-order valence-electron chi connectivity index (χ1n) is 4.41. The molecule has 0 aliphatic rings. The summed E-state index contributed by atoms with van der Waals surface area (Å²) in [5.41, 5.74) is 2.64. The molecule has 1 unspecified atom stereocenters. The summed E-state index contributed by atoms with van der Waals surface area (Å²) >= 11 is 5.70. The van der Waals surface area contributed by atoms with Gasteiger partial charge in [0.25, 0.3) is 0 Å². The molecular formula is C9H11ClN4O. The Morgan fingerprint density at radius 1 is 1.60 bits per heavy atom. The molecule has 0 aromatic carbocycles. The van der Waals surface area contributed by atoms with Crippen LogP contribution in [0.4, 0.5) is 0 Å². The summed E-state index contributed by atoms with van der Waals surface area (Å²) in [5.74, 6) is 6.87. The van der Waals surface area contributed by atoms with Crippen molar-refractivity contribution in [3.05, 3.63) is 41.3 Å². The molecule has 0 saturated heterocycles. The molecule has 0 aliphatic heterocycles. The third-order valence-corrected chi connectivity index (χ3v) is 2.36. The van der Waals surface area contributed by atoms with E-state index in [-0.39, 0.29) is 6.04 Å². The number of nitrogens with one attached hydrogen (secondary N) is 1. The fraction of sp³-hybridized carbons (Fsp3) is 0.222. The number of nitrogens with zero attached hydrogens (tertiary/aromatic N) is 2. The van der Waals surface area contributed by atoms with Crippen molar-refractivity contribution in [3.63, 3.8) is 0 Å². The largest absolute Gasteiger partial charge is 0.447 e. The van der Waals surface area contributed by atoms with Crippen molar-refractivity contribution in [2.24, 2.45) is 12.9 Å². The minimum atomic E-state index is -0.294. The molecule has 0 radical (unpaired) electrons. The van der Waals surface area contributed by atoms with Crippen LogP contribution in [0.2, 0.25) is 5.22 Å². The van der Waals surface area contributed by atoms with Gasteiger partial charge in [0.2, 0.25) is 0 Å². The van der Waals surface area contributed by atoms with Gasteiger partial charge in [0.1, 0.15) is 17.6 Å². The molecule has 3 N–H and O–H groups in total. The highest BCUT2D eigenvalue weighted by molar-refractivity contribution is 6.28. The molecule has 80 valence electrons. The lowest BCUT2D eigenvalue weighted by molar-refractivity contribution is 0.437. The Balaban J connectivity index is 2.36. The first-order chi connectivity index (χ1) is 7.22. The van der Waals surface area contributed by atoms with E-state index in [0.29, 0.717) is 11.0 Å². The van der Waals surface area contributed by atoms with Gasteiger partial charge in [0.15, 0.2) is 5.22 Å². The second-order valence-electron chi connectivity index (χ2n) is 3.14. The molecule has 6 heteroatoms. The number of aromatic nitrogens is 2. The molecule has 0 fully saturated rings. The van der Waals surface area contributed by atoms with Crippen LogP contribution in [0.1, 0.15) is 17.6 Å². The highest BCUT2D eigenvalue weighted by Gasteiger charge is 2.19. The molecule has 0 aliphatic carbocycles. The predicted molar refractivity (Wildman–Crippen MR) is 56.1 cm³/mol. The number of rotatable bonds is 3. The third kappa shape index (κ3) is 1.90. The van der Waals surface area contributed by atoms with E-state index in [1.54, 1.807) is 18.3 Å². The van der Waals surface area contributed by atoms with Crippen molar-refractivity contribution < 1.29 is 4.42 Å². The SMILES string of the molecule is Cn1ccnc1C(NN)c1ccc(Cl)o1. The maximum atomic E-state index is 5.70. The highest BCUT2D eigenvalue weighted by Crippen LogP contribution is 2.23. The summed E-state index contributed by atoms with van der Waals surface area (Å²) < 4.78 is 7.15. The summed E-state index contributed by atoms with van der Waals surface area (Å²) in [4.78, 5) is 4.19. The zero-order valence-corrected chi connectivity index (χ0v) is 8.90. The molecule has 2 aromatic rings. The second-order valence-corrected chi connectivity index (χ2v) is 3.51. The number of halogens is 1. The first kappa shape index (κ1) is 10.2. The lowest BCUT2D eigenvalue weighted by Crippen LogP contribution is -2.30. The van der Waals surface area contributed by atoms with Crippen LogP contribution in [0.15, 0.2) is 28.9 Å². The summed E-state index contributed by atoms with van der Waals surface area (Å²) in [5, 5.41) is 0.333. The summed E-state index contributed by atoms with van der Waals surface area (Å²) in [6.45, 7) is 0. The van der Waals surface area contributed by atoms with E-state index in [1.165, 1.54) is 0 Å². The monoisotopic (exact) mass is 226 g/mol. The average Bonchev–Trinajstić information content (AvgIpc) is 2.79. The van der Waals surface area contributed by atoms with Gasteiger partial charge >= 0.3 is 0 Å². The molecule has 0 saturated carbocycles. The van der Waals surface area contributed by atoms with E-state index in [4.69, 9.17) is 21.9 Å². The Morgan fingerprint density at radius 3 is 2.87 bits per heavy atom. The van der Waals surface area contributed by atoms with Crippen LogP contribution in [0.3, 0.4) is 0 Å². The van der Waals surface area contributed by atoms with E-state index in [1.807, 2.05) is 17.8 Å². The van der Waals surface area contributed by atoms with E-state index < -0.39 is 0 Å². The van der Waals surface area contributed by atoms with Gasteiger partial charge in [-0.2, -0.15) is 0 Å². The zero-order chi connectivity index (χ0) is 10.8. The van der Waals surface area contributed by atoms with Crippen molar-refractivity contribution in [1.82, 2.24) is 15.0 Å². The third-order valence-electron chi connectivity index (χ3n) is 2.16. The number of imidazole rings is 1. The summed E-state index contributed by atoms with van der Waals surface area (Å²) in [6.07, 6.45) is 3.54. The highest BCUT2D eigenvalue weighted by atomic mass is 35.5. The standard InChI is InChI=1S/C9H11ClN4O/c1-14-5-4-12-9(14)8(13-11)6-2-3-7(10)15-6/h2-5,8,13H,11H2,1H3. The van der Waals surface area contributed by atoms with Crippen molar-refractivity contribution in [2.45, 2.75) is 6.04 Å². The fourth-order valence-electron chi connectivity index (χ4n) is 1.42. The number of nitrogens with two attached hydrogens (primary N) is 1. The second kappa shape index (κ2) is 4.06. The molecule has 2 heterocycles. The van der Waals surface area contributed by atoms with Crippen LogP contribution in [0.25, 0.3) is 0 Å². The number of furan rings is 1. The van der Waals surface area contributed by atoms with Gasteiger partial charge in [-0.05, 0) is 23.7 Å². The van der Waals surface area contributed by atoms with Crippen molar-refractivity contribution in [1.29, 1.82) is 0 Å². The number of hydrogen-bond donors (Lipinski definition) is 2. The summed E-state index contributed by atoms with van der Waals surface area (Å²) in [7, 11) is 1.89. The van der Waals surface area contributed by atoms with Crippen LogP contribution in [0.5, 0.6) is 0 Å². The molecule has 2 aromatic heterocycles. The molecule has 15 heavy (non-hydrogen) atoms. The van der Waals surface area contributed by atoms with Gasteiger partial charge in [0.05, 0.1) is 0 Å². The summed E-state index contributed by atoms with van der Waals surface area (Å²) in [6, 6.07) is 3.14. The van der Waals surface area contributed by atoms with Crippen LogP contribution < -0.4 is 11.3 Å².